The minimum Gasteiger partial charge on any atom is -0.376 e. The molecule has 2 nitrogen and oxygen atoms in total. The van der Waals surface area contributed by atoms with E-state index in [0.717, 1.165) is 25.5 Å². The predicted octanol–water partition coefficient (Wildman–Crippen LogP) is 2.97. The van der Waals surface area contributed by atoms with E-state index in [-0.39, 0.29) is 0 Å². The van der Waals surface area contributed by atoms with Crippen molar-refractivity contribution in [2.45, 2.75) is 65.0 Å². The van der Waals surface area contributed by atoms with Gasteiger partial charge in [-0.1, -0.05) is 33.6 Å². The van der Waals surface area contributed by atoms with Crippen LogP contribution in [0.15, 0.2) is 0 Å². The molecule has 0 radical (unpaired) electrons. The Morgan fingerprint density at radius 1 is 1.27 bits per heavy atom. The van der Waals surface area contributed by atoms with Crippen molar-refractivity contribution in [2.24, 2.45) is 5.92 Å². The third-order valence-electron chi connectivity index (χ3n) is 3.53. The lowest BCUT2D eigenvalue weighted by Crippen LogP contribution is -2.36. The monoisotopic (exact) mass is 213 g/mol. The summed E-state index contributed by atoms with van der Waals surface area (Å²) in [5, 5.41) is 3.46. The molecule has 0 aromatic rings. The van der Waals surface area contributed by atoms with Gasteiger partial charge in [0.2, 0.25) is 0 Å². The fraction of sp³-hybridized carbons (Fsp3) is 1.00. The fourth-order valence-corrected chi connectivity index (χ4v) is 2.38. The van der Waals surface area contributed by atoms with Crippen LogP contribution in [0, 0.1) is 5.92 Å². The van der Waals surface area contributed by atoms with Crippen LogP contribution < -0.4 is 5.32 Å². The van der Waals surface area contributed by atoms with E-state index in [9.17, 15) is 0 Å². The van der Waals surface area contributed by atoms with Crippen molar-refractivity contribution in [3.63, 3.8) is 0 Å². The van der Waals surface area contributed by atoms with Crippen molar-refractivity contribution in [1.29, 1.82) is 0 Å². The average molecular weight is 213 g/mol. The van der Waals surface area contributed by atoms with E-state index in [2.05, 4.69) is 26.1 Å². The van der Waals surface area contributed by atoms with Gasteiger partial charge in [-0.15, -0.1) is 0 Å². The highest BCUT2D eigenvalue weighted by Gasteiger charge is 2.22. The summed E-state index contributed by atoms with van der Waals surface area (Å²) in [4.78, 5) is 0. The zero-order valence-corrected chi connectivity index (χ0v) is 10.6. The van der Waals surface area contributed by atoms with Crippen molar-refractivity contribution < 1.29 is 4.74 Å². The SMILES string of the molecule is CCNC(CC)COC1CCCCC1C. The van der Waals surface area contributed by atoms with E-state index >= 15 is 0 Å². The zero-order valence-electron chi connectivity index (χ0n) is 10.6. The van der Waals surface area contributed by atoms with Crippen LogP contribution in [0.5, 0.6) is 0 Å². The second kappa shape index (κ2) is 7.24. The maximum Gasteiger partial charge on any atom is 0.0623 e. The molecule has 3 atom stereocenters. The van der Waals surface area contributed by atoms with E-state index in [1.807, 2.05) is 0 Å². The highest BCUT2D eigenvalue weighted by Crippen LogP contribution is 2.26. The smallest absolute Gasteiger partial charge is 0.0623 e. The number of nitrogens with one attached hydrogen (secondary N) is 1. The molecule has 1 aliphatic rings. The highest BCUT2D eigenvalue weighted by atomic mass is 16.5. The van der Waals surface area contributed by atoms with Gasteiger partial charge in [-0.2, -0.15) is 0 Å². The molecule has 0 heterocycles. The number of rotatable bonds is 6. The van der Waals surface area contributed by atoms with E-state index < -0.39 is 0 Å². The molecule has 1 rings (SSSR count). The molecule has 0 amide bonds. The van der Waals surface area contributed by atoms with Crippen LogP contribution in [0.25, 0.3) is 0 Å². The molecular weight excluding hydrogens is 186 g/mol. The Bertz CT molecular complexity index is 161. The summed E-state index contributed by atoms with van der Waals surface area (Å²) >= 11 is 0. The maximum atomic E-state index is 6.04. The average Bonchev–Trinajstić information content (AvgIpc) is 2.26. The van der Waals surface area contributed by atoms with Crippen molar-refractivity contribution >= 4 is 0 Å². The van der Waals surface area contributed by atoms with Crippen molar-refractivity contribution in [2.75, 3.05) is 13.2 Å². The maximum absolute atomic E-state index is 6.04. The van der Waals surface area contributed by atoms with Gasteiger partial charge in [0.25, 0.3) is 0 Å². The number of hydrogen-bond acceptors (Lipinski definition) is 2. The van der Waals surface area contributed by atoms with Gasteiger partial charge in [0.1, 0.15) is 0 Å². The molecular formula is C13H27NO. The molecule has 0 bridgehead atoms. The Kier molecular flexibility index (Phi) is 6.26. The van der Waals surface area contributed by atoms with Gasteiger partial charge in [-0.25, -0.2) is 0 Å². The summed E-state index contributed by atoms with van der Waals surface area (Å²) in [5.74, 6) is 0.762. The fourth-order valence-electron chi connectivity index (χ4n) is 2.38. The van der Waals surface area contributed by atoms with Gasteiger partial charge in [-0.3, -0.25) is 0 Å². The molecule has 0 aliphatic heterocycles. The number of likely N-dealkylation sites (N-methyl/N-ethyl adjacent to an activating group) is 1. The molecule has 2 heteroatoms. The molecule has 1 aliphatic carbocycles. The predicted molar refractivity (Wildman–Crippen MR) is 65.1 cm³/mol. The van der Waals surface area contributed by atoms with Crippen LogP contribution in [-0.2, 0) is 4.74 Å². The Balaban J connectivity index is 2.21. The van der Waals surface area contributed by atoms with Crippen LogP contribution in [0.4, 0.5) is 0 Å². The summed E-state index contributed by atoms with van der Waals surface area (Å²) in [6.07, 6.45) is 7.05. The highest BCUT2D eigenvalue weighted by molar-refractivity contribution is 4.73. The quantitative estimate of drug-likeness (QED) is 0.732. The van der Waals surface area contributed by atoms with Crippen LogP contribution in [0.3, 0.4) is 0 Å². The van der Waals surface area contributed by atoms with Gasteiger partial charge >= 0.3 is 0 Å². The van der Waals surface area contributed by atoms with Crippen LogP contribution in [-0.4, -0.2) is 25.3 Å². The summed E-state index contributed by atoms with van der Waals surface area (Å²) in [5.41, 5.74) is 0. The normalized spacial score (nSPS) is 29.0. The summed E-state index contributed by atoms with van der Waals surface area (Å²) in [7, 11) is 0. The molecule has 0 spiro atoms. The first-order chi connectivity index (χ1) is 7.27. The first-order valence-electron chi connectivity index (χ1n) is 6.62. The number of hydrogen-bond donors (Lipinski definition) is 1. The van der Waals surface area contributed by atoms with Gasteiger partial charge in [0, 0.05) is 6.04 Å². The Morgan fingerprint density at radius 3 is 2.60 bits per heavy atom. The lowest BCUT2D eigenvalue weighted by atomic mass is 9.88. The molecule has 0 aromatic heterocycles. The molecule has 3 unspecified atom stereocenters. The van der Waals surface area contributed by atoms with Crippen molar-refractivity contribution in [3.8, 4) is 0 Å². The third-order valence-corrected chi connectivity index (χ3v) is 3.53. The van der Waals surface area contributed by atoms with Gasteiger partial charge in [-0.05, 0) is 31.7 Å². The number of ether oxygens (including phenoxy) is 1. The minimum atomic E-state index is 0.520. The Hall–Kier alpha value is -0.0800. The molecule has 1 fully saturated rings. The lowest BCUT2D eigenvalue weighted by Gasteiger charge is -2.30. The molecule has 1 saturated carbocycles. The molecule has 0 saturated heterocycles. The minimum absolute atomic E-state index is 0.520. The van der Waals surface area contributed by atoms with E-state index in [0.29, 0.717) is 12.1 Å². The second-order valence-corrected chi connectivity index (χ2v) is 4.80. The van der Waals surface area contributed by atoms with Crippen LogP contribution in [0.1, 0.15) is 52.9 Å². The van der Waals surface area contributed by atoms with Crippen molar-refractivity contribution in [3.05, 3.63) is 0 Å². The molecule has 1 N–H and O–H groups in total. The van der Waals surface area contributed by atoms with Gasteiger partial charge < -0.3 is 10.1 Å². The standard InChI is InChI=1S/C13H27NO/c1-4-12(14-5-2)10-15-13-9-7-6-8-11(13)3/h11-14H,4-10H2,1-3H3. The molecule has 90 valence electrons. The third kappa shape index (κ3) is 4.52. The van der Waals surface area contributed by atoms with Gasteiger partial charge in [0.15, 0.2) is 0 Å². The van der Waals surface area contributed by atoms with E-state index in [1.54, 1.807) is 0 Å². The molecule has 0 aromatic carbocycles. The largest absolute Gasteiger partial charge is 0.376 e. The summed E-state index contributed by atoms with van der Waals surface area (Å²) in [6, 6.07) is 0.545. The van der Waals surface area contributed by atoms with Crippen LogP contribution >= 0.6 is 0 Å². The Morgan fingerprint density at radius 2 is 2.00 bits per heavy atom. The van der Waals surface area contributed by atoms with Gasteiger partial charge in [0.05, 0.1) is 12.7 Å². The first-order valence-corrected chi connectivity index (χ1v) is 6.62. The van der Waals surface area contributed by atoms with Crippen LogP contribution in [0.2, 0.25) is 0 Å². The Labute approximate surface area is 94.8 Å². The van der Waals surface area contributed by atoms with Crippen molar-refractivity contribution in [1.82, 2.24) is 5.32 Å². The zero-order chi connectivity index (χ0) is 11.1. The summed E-state index contributed by atoms with van der Waals surface area (Å²) < 4.78 is 6.04. The first kappa shape index (κ1) is 13.0. The lowest BCUT2D eigenvalue weighted by molar-refractivity contribution is -0.0151. The topological polar surface area (TPSA) is 21.3 Å². The molecule has 15 heavy (non-hydrogen) atoms. The van der Waals surface area contributed by atoms with E-state index in [1.165, 1.54) is 25.7 Å². The second-order valence-electron chi connectivity index (χ2n) is 4.80. The van der Waals surface area contributed by atoms with E-state index in [4.69, 9.17) is 4.74 Å². The summed E-state index contributed by atoms with van der Waals surface area (Å²) in [6.45, 7) is 8.65.